The molecule has 1 aromatic heterocycles. The van der Waals surface area contributed by atoms with Gasteiger partial charge in [-0.1, -0.05) is 12.1 Å². The van der Waals surface area contributed by atoms with Crippen molar-refractivity contribution in [3.63, 3.8) is 0 Å². The molecular weight excluding hydrogens is 300 g/mol. The Bertz CT molecular complexity index is 655. The molecule has 5 heteroatoms. The van der Waals surface area contributed by atoms with Crippen LogP contribution in [0.2, 0.25) is 0 Å². The molecule has 0 fully saturated rings. The Kier molecular flexibility index (Phi) is 5.25. The first-order valence-electron chi connectivity index (χ1n) is 6.45. The zero-order chi connectivity index (χ0) is 15.2. The second kappa shape index (κ2) is 7.15. The second-order valence-corrected chi connectivity index (χ2v) is 6.06. The van der Waals surface area contributed by atoms with E-state index in [1.165, 1.54) is 6.08 Å². The van der Waals surface area contributed by atoms with E-state index in [2.05, 4.69) is 16.7 Å². The van der Waals surface area contributed by atoms with Crippen molar-refractivity contribution in [1.29, 1.82) is 0 Å². The third kappa shape index (κ3) is 5.13. The molecule has 0 aliphatic carbocycles. The Morgan fingerprint density at radius 3 is 2.57 bits per heavy atom. The number of aryl methyl sites for hydroxylation is 2. The number of hydrogen-bond acceptors (Lipinski definition) is 3. The molecule has 108 valence electrons. The predicted octanol–water partition coefficient (Wildman–Crippen LogP) is 3.89. The SMILES string of the molecule is Cc1cc(C)cc(NC(=S)NC(=O)/C=C/c2cccs2)c1. The van der Waals surface area contributed by atoms with Gasteiger partial charge in [0.05, 0.1) is 0 Å². The summed E-state index contributed by atoms with van der Waals surface area (Å²) in [5.74, 6) is -0.245. The molecule has 1 amide bonds. The van der Waals surface area contributed by atoms with E-state index in [-0.39, 0.29) is 5.91 Å². The van der Waals surface area contributed by atoms with E-state index in [4.69, 9.17) is 12.2 Å². The van der Waals surface area contributed by atoms with Crippen LogP contribution in [-0.4, -0.2) is 11.0 Å². The third-order valence-corrected chi connectivity index (χ3v) is 3.70. The highest BCUT2D eigenvalue weighted by molar-refractivity contribution is 7.80. The Balaban J connectivity index is 1.90. The number of benzene rings is 1. The highest BCUT2D eigenvalue weighted by Gasteiger charge is 2.02. The fourth-order valence-corrected chi connectivity index (χ4v) is 2.74. The fourth-order valence-electron chi connectivity index (χ4n) is 1.91. The molecule has 2 aromatic rings. The highest BCUT2D eigenvalue weighted by atomic mass is 32.1. The lowest BCUT2D eigenvalue weighted by Gasteiger charge is -2.09. The summed E-state index contributed by atoms with van der Waals surface area (Å²) >= 11 is 6.71. The number of anilines is 1. The molecule has 0 saturated heterocycles. The van der Waals surface area contributed by atoms with Crippen molar-refractivity contribution in [2.24, 2.45) is 0 Å². The fraction of sp³-hybridized carbons (Fsp3) is 0.125. The van der Waals surface area contributed by atoms with Gasteiger partial charge >= 0.3 is 0 Å². The maximum absolute atomic E-state index is 11.8. The average molecular weight is 316 g/mol. The molecule has 2 N–H and O–H groups in total. The van der Waals surface area contributed by atoms with Crippen molar-refractivity contribution < 1.29 is 4.79 Å². The molecule has 0 aliphatic rings. The number of thiocarbonyl (C=S) groups is 1. The van der Waals surface area contributed by atoms with Crippen LogP contribution >= 0.6 is 23.6 Å². The highest BCUT2D eigenvalue weighted by Crippen LogP contribution is 2.13. The summed E-state index contributed by atoms with van der Waals surface area (Å²) in [6, 6.07) is 9.92. The third-order valence-electron chi connectivity index (χ3n) is 2.66. The van der Waals surface area contributed by atoms with Gasteiger partial charge in [0.15, 0.2) is 5.11 Å². The van der Waals surface area contributed by atoms with Crippen molar-refractivity contribution in [2.45, 2.75) is 13.8 Å². The van der Waals surface area contributed by atoms with Crippen molar-refractivity contribution >= 4 is 46.3 Å². The topological polar surface area (TPSA) is 41.1 Å². The van der Waals surface area contributed by atoms with Crippen LogP contribution in [0.25, 0.3) is 6.08 Å². The van der Waals surface area contributed by atoms with Crippen molar-refractivity contribution in [3.05, 3.63) is 57.8 Å². The predicted molar refractivity (Wildman–Crippen MR) is 93.6 cm³/mol. The molecule has 0 spiro atoms. The first kappa shape index (κ1) is 15.4. The maximum Gasteiger partial charge on any atom is 0.250 e. The second-order valence-electron chi connectivity index (χ2n) is 4.67. The molecular formula is C16H16N2OS2. The van der Waals surface area contributed by atoms with Gasteiger partial charge < -0.3 is 5.32 Å². The van der Waals surface area contributed by atoms with Crippen LogP contribution in [0.15, 0.2) is 41.8 Å². The summed E-state index contributed by atoms with van der Waals surface area (Å²) in [6.45, 7) is 4.03. The molecule has 0 radical (unpaired) electrons. The monoisotopic (exact) mass is 316 g/mol. The van der Waals surface area contributed by atoms with Gasteiger partial charge in [-0.3, -0.25) is 10.1 Å². The summed E-state index contributed by atoms with van der Waals surface area (Å²) in [6.07, 6.45) is 3.24. The molecule has 0 bridgehead atoms. The largest absolute Gasteiger partial charge is 0.332 e. The van der Waals surface area contributed by atoms with Gasteiger partial charge in [-0.05, 0) is 66.8 Å². The molecule has 3 nitrogen and oxygen atoms in total. The molecule has 2 rings (SSSR count). The molecule has 21 heavy (non-hydrogen) atoms. The minimum absolute atomic E-state index is 0.245. The number of carbonyl (C=O) groups excluding carboxylic acids is 1. The maximum atomic E-state index is 11.8. The Morgan fingerprint density at radius 1 is 1.24 bits per heavy atom. The minimum atomic E-state index is -0.245. The van der Waals surface area contributed by atoms with Gasteiger partial charge in [-0.25, -0.2) is 0 Å². The van der Waals surface area contributed by atoms with Gasteiger partial charge in [0.25, 0.3) is 0 Å². The van der Waals surface area contributed by atoms with Crippen LogP contribution in [0.1, 0.15) is 16.0 Å². The van der Waals surface area contributed by atoms with Gasteiger partial charge in [0.1, 0.15) is 0 Å². The van der Waals surface area contributed by atoms with Gasteiger partial charge in [-0.15, -0.1) is 11.3 Å². The van der Waals surface area contributed by atoms with Crippen LogP contribution in [0.5, 0.6) is 0 Å². The summed E-state index contributed by atoms with van der Waals surface area (Å²) in [5.41, 5.74) is 3.16. The lowest BCUT2D eigenvalue weighted by molar-refractivity contribution is -0.115. The average Bonchev–Trinajstić information content (AvgIpc) is 2.87. The number of nitrogens with one attached hydrogen (secondary N) is 2. The molecule has 0 unspecified atom stereocenters. The van der Waals surface area contributed by atoms with Crippen LogP contribution < -0.4 is 10.6 Å². The lowest BCUT2D eigenvalue weighted by atomic mass is 10.1. The van der Waals surface area contributed by atoms with Crippen molar-refractivity contribution in [2.75, 3.05) is 5.32 Å². The number of hydrogen-bond donors (Lipinski definition) is 2. The molecule has 0 saturated carbocycles. The van der Waals surface area contributed by atoms with Crippen molar-refractivity contribution in [3.8, 4) is 0 Å². The first-order chi connectivity index (χ1) is 10.0. The van der Waals surface area contributed by atoms with Gasteiger partial charge in [0.2, 0.25) is 5.91 Å². The van der Waals surface area contributed by atoms with Gasteiger partial charge in [-0.2, -0.15) is 0 Å². The molecule has 1 aromatic carbocycles. The van der Waals surface area contributed by atoms with Crippen LogP contribution in [0.4, 0.5) is 5.69 Å². The van der Waals surface area contributed by atoms with Gasteiger partial charge in [0, 0.05) is 16.6 Å². The molecule has 0 aliphatic heterocycles. The number of amides is 1. The number of rotatable bonds is 3. The van der Waals surface area contributed by atoms with E-state index >= 15 is 0 Å². The minimum Gasteiger partial charge on any atom is -0.332 e. The summed E-state index contributed by atoms with van der Waals surface area (Å²) in [5, 5.41) is 7.90. The van der Waals surface area contributed by atoms with Crippen LogP contribution in [-0.2, 0) is 4.79 Å². The number of carbonyl (C=O) groups is 1. The summed E-state index contributed by atoms with van der Waals surface area (Å²) < 4.78 is 0. The summed E-state index contributed by atoms with van der Waals surface area (Å²) in [7, 11) is 0. The van der Waals surface area contributed by atoms with Crippen molar-refractivity contribution in [1.82, 2.24) is 5.32 Å². The Morgan fingerprint density at radius 2 is 1.95 bits per heavy atom. The Labute approximate surface area is 133 Å². The lowest BCUT2D eigenvalue weighted by Crippen LogP contribution is -2.32. The summed E-state index contributed by atoms with van der Waals surface area (Å²) in [4.78, 5) is 12.8. The van der Waals surface area contributed by atoms with E-state index < -0.39 is 0 Å². The van der Waals surface area contributed by atoms with Crippen LogP contribution in [0, 0.1) is 13.8 Å². The van der Waals surface area contributed by atoms with E-state index in [1.54, 1.807) is 17.4 Å². The normalized spacial score (nSPS) is 10.6. The zero-order valence-corrected chi connectivity index (χ0v) is 13.5. The van der Waals surface area contributed by atoms with Crippen LogP contribution in [0.3, 0.4) is 0 Å². The van der Waals surface area contributed by atoms with E-state index in [0.717, 1.165) is 21.7 Å². The number of thiophene rings is 1. The Hall–Kier alpha value is -1.98. The standard InChI is InChI=1S/C16H16N2OS2/c1-11-8-12(2)10-13(9-11)17-16(20)18-15(19)6-5-14-4-3-7-21-14/h3-10H,1-2H3,(H2,17,18,19,20)/b6-5+. The van der Waals surface area contributed by atoms with E-state index in [1.807, 2.05) is 43.5 Å². The first-order valence-corrected chi connectivity index (χ1v) is 7.73. The van der Waals surface area contributed by atoms with E-state index in [9.17, 15) is 4.79 Å². The molecule has 1 heterocycles. The quantitative estimate of drug-likeness (QED) is 0.667. The molecule has 0 atom stereocenters. The van der Waals surface area contributed by atoms with E-state index in [0.29, 0.717) is 5.11 Å². The smallest absolute Gasteiger partial charge is 0.250 e. The zero-order valence-electron chi connectivity index (χ0n) is 11.8.